The molecule has 0 heterocycles. The highest BCUT2D eigenvalue weighted by atomic mass is 17.5. The first-order valence-corrected chi connectivity index (χ1v) is 5.73. The Morgan fingerprint density at radius 1 is 1.05 bits per heavy atom. The highest BCUT2D eigenvalue weighted by Crippen LogP contribution is 2.11. The molecule has 0 unspecified atom stereocenters. The summed E-state index contributed by atoms with van der Waals surface area (Å²) in [7, 11) is 0. The van der Waals surface area contributed by atoms with Gasteiger partial charge in [0.2, 0.25) is 0 Å². The number of ether oxygens (including phenoxy) is 1. The van der Waals surface area contributed by atoms with Gasteiger partial charge in [0.25, 0.3) is 0 Å². The molecule has 104 valence electrons. The Kier molecular flexibility index (Phi) is 5.32. The molecule has 0 amide bonds. The Hall–Kier alpha value is -2.08. The van der Waals surface area contributed by atoms with Gasteiger partial charge in [0.1, 0.15) is 0 Å². The van der Waals surface area contributed by atoms with Crippen LogP contribution in [0, 0.1) is 13.8 Å². The maximum Gasteiger partial charge on any atom is 0.543 e. The van der Waals surface area contributed by atoms with Gasteiger partial charge in [0.15, 0.2) is 0 Å². The molecule has 0 fully saturated rings. The molecular weight excluding hydrogens is 252 g/mol. The van der Waals surface area contributed by atoms with E-state index in [4.69, 9.17) is 0 Å². The van der Waals surface area contributed by atoms with Crippen molar-refractivity contribution in [1.82, 2.24) is 0 Å². The summed E-state index contributed by atoms with van der Waals surface area (Å²) in [6.07, 6.45) is -1.44. The first-order valence-electron chi connectivity index (χ1n) is 5.73. The predicted octanol–water partition coefficient (Wildman–Crippen LogP) is 2.87. The number of hydrogen-bond donors (Lipinski definition) is 0. The number of carbonyl (C=O) groups excluding carboxylic acids is 2. The van der Waals surface area contributed by atoms with Gasteiger partial charge in [-0.15, -0.1) is 0 Å². The summed E-state index contributed by atoms with van der Waals surface area (Å²) in [5, 5.41) is 4.06. The molecule has 0 atom stereocenters. The fraction of sp³-hybridized carbons (Fsp3) is 0.385. The summed E-state index contributed by atoms with van der Waals surface area (Å²) < 4.78 is 4.60. The van der Waals surface area contributed by atoms with Crippen LogP contribution in [0.15, 0.2) is 18.2 Å². The van der Waals surface area contributed by atoms with Crippen molar-refractivity contribution in [1.29, 1.82) is 0 Å². The largest absolute Gasteiger partial charge is 0.543 e. The average Bonchev–Trinajstić information content (AvgIpc) is 2.31. The second kappa shape index (κ2) is 6.75. The van der Waals surface area contributed by atoms with Crippen LogP contribution in [0.1, 0.15) is 35.3 Å². The van der Waals surface area contributed by atoms with Crippen molar-refractivity contribution >= 4 is 12.1 Å². The SMILES string of the molecule is Cc1ccc(C(=O)OOOC(=O)OC(C)C)cc1C. The van der Waals surface area contributed by atoms with Crippen molar-refractivity contribution in [3.05, 3.63) is 34.9 Å². The fourth-order valence-electron chi connectivity index (χ4n) is 1.20. The second-order valence-corrected chi connectivity index (χ2v) is 4.24. The quantitative estimate of drug-likeness (QED) is 0.475. The van der Waals surface area contributed by atoms with Crippen molar-refractivity contribution in [2.75, 3.05) is 0 Å². The Morgan fingerprint density at radius 2 is 1.74 bits per heavy atom. The van der Waals surface area contributed by atoms with Crippen LogP contribution >= 0.6 is 0 Å². The maximum absolute atomic E-state index is 11.5. The van der Waals surface area contributed by atoms with Crippen LogP contribution in [0.5, 0.6) is 0 Å². The van der Waals surface area contributed by atoms with Gasteiger partial charge in [-0.2, -0.15) is 0 Å². The number of benzene rings is 1. The highest BCUT2D eigenvalue weighted by molar-refractivity contribution is 5.89. The van der Waals surface area contributed by atoms with E-state index >= 15 is 0 Å². The Morgan fingerprint density at radius 3 is 2.32 bits per heavy atom. The van der Waals surface area contributed by atoms with Crippen LogP contribution in [0.4, 0.5) is 4.79 Å². The molecule has 0 saturated heterocycles. The third-order valence-electron chi connectivity index (χ3n) is 2.29. The molecule has 0 saturated carbocycles. The summed E-state index contributed by atoms with van der Waals surface area (Å²) in [5.41, 5.74) is 2.28. The zero-order valence-corrected chi connectivity index (χ0v) is 11.3. The van der Waals surface area contributed by atoms with Crippen molar-refractivity contribution in [3.8, 4) is 0 Å². The molecule has 0 spiro atoms. The normalized spacial score (nSPS) is 10.2. The summed E-state index contributed by atoms with van der Waals surface area (Å²) >= 11 is 0. The molecular formula is C13H16O6. The van der Waals surface area contributed by atoms with E-state index in [0.29, 0.717) is 5.56 Å². The van der Waals surface area contributed by atoms with E-state index in [9.17, 15) is 9.59 Å². The minimum Gasteiger partial charge on any atom is -0.430 e. The lowest BCUT2D eigenvalue weighted by molar-refractivity contribution is -0.452. The summed E-state index contributed by atoms with van der Waals surface area (Å²) in [6.45, 7) is 7.07. The molecule has 0 aliphatic rings. The van der Waals surface area contributed by atoms with Gasteiger partial charge in [-0.1, -0.05) is 6.07 Å². The van der Waals surface area contributed by atoms with Gasteiger partial charge in [0.05, 0.1) is 16.7 Å². The van der Waals surface area contributed by atoms with E-state index in [-0.39, 0.29) is 6.10 Å². The van der Waals surface area contributed by atoms with Gasteiger partial charge in [-0.05, 0) is 51.0 Å². The van der Waals surface area contributed by atoms with E-state index in [0.717, 1.165) is 11.1 Å². The third-order valence-corrected chi connectivity index (χ3v) is 2.29. The average molecular weight is 268 g/mol. The van der Waals surface area contributed by atoms with E-state index < -0.39 is 12.1 Å². The van der Waals surface area contributed by atoms with Crippen LogP contribution in [-0.2, 0) is 19.6 Å². The summed E-state index contributed by atoms with van der Waals surface area (Å²) in [4.78, 5) is 30.8. The van der Waals surface area contributed by atoms with Crippen LogP contribution in [-0.4, -0.2) is 18.2 Å². The molecule has 0 bridgehead atoms. The molecule has 0 radical (unpaired) electrons. The van der Waals surface area contributed by atoms with Gasteiger partial charge in [-0.3, -0.25) is 4.89 Å². The Balaban J connectivity index is 2.43. The van der Waals surface area contributed by atoms with E-state index in [1.165, 1.54) is 0 Å². The zero-order valence-electron chi connectivity index (χ0n) is 11.3. The fourth-order valence-corrected chi connectivity index (χ4v) is 1.20. The standard InChI is InChI=1S/C13H16O6/c1-8(2)16-13(15)18-19-17-12(14)11-6-5-9(3)10(4)7-11/h5-8H,1-4H3. The monoisotopic (exact) mass is 268 g/mol. The van der Waals surface area contributed by atoms with Crippen LogP contribution in [0.25, 0.3) is 0 Å². The predicted molar refractivity (Wildman–Crippen MR) is 65.1 cm³/mol. The number of carbonyl (C=O) groups is 2. The van der Waals surface area contributed by atoms with E-state index in [1.54, 1.807) is 32.0 Å². The van der Waals surface area contributed by atoms with Crippen molar-refractivity contribution in [3.63, 3.8) is 0 Å². The molecule has 6 heteroatoms. The molecule has 0 aromatic heterocycles. The Bertz CT molecular complexity index is 466. The smallest absolute Gasteiger partial charge is 0.430 e. The van der Waals surface area contributed by atoms with Gasteiger partial charge >= 0.3 is 12.1 Å². The lowest BCUT2D eigenvalue weighted by Crippen LogP contribution is -2.15. The van der Waals surface area contributed by atoms with Crippen molar-refractivity contribution in [2.45, 2.75) is 33.8 Å². The highest BCUT2D eigenvalue weighted by Gasteiger charge is 2.13. The number of rotatable bonds is 4. The summed E-state index contributed by atoms with van der Waals surface area (Å²) in [6, 6.07) is 5.01. The van der Waals surface area contributed by atoms with Gasteiger partial charge in [0, 0.05) is 0 Å². The van der Waals surface area contributed by atoms with Crippen LogP contribution < -0.4 is 0 Å². The van der Waals surface area contributed by atoms with Gasteiger partial charge < -0.3 is 4.74 Å². The molecule has 0 N–H and O–H groups in total. The first kappa shape index (κ1) is 15.0. The molecule has 1 rings (SSSR count). The Labute approximate surface area is 111 Å². The van der Waals surface area contributed by atoms with E-state index in [2.05, 4.69) is 19.6 Å². The van der Waals surface area contributed by atoms with Crippen LogP contribution in [0.3, 0.4) is 0 Å². The van der Waals surface area contributed by atoms with Crippen LogP contribution in [0.2, 0.25) is 0 Å². The van der Waals surface area contributed by atoms with Crippen molar-refractivity contribution in [2.24, 2.45) is 0 Å². The molecule has 19 heavy (non-hydrogen) atoms. The second-order valence-electron chi connectivity index (χ2n) is 4.24. The zero-order chi connectivity index (χ0) is 14.4. The number of hydrogen-bond acceptors (Lipinski definition) is 6. The minimum absolute atomic E-state index is 0.295. The summed E-state index contributed by atoms with van der Waals surface area (Å²) in [5.74, 6) is -0.763. The first-order chi connectivity index (χ1) is 8.90. The minimum atomic E-state index is -1.08. The lowest BCUT2D eigenvalue weighted by atomic mass is 10.1. The molecule has 1 aromatic rings. The van der Waals surface area contributed by atoms with Gasteiger partial charge in [-0.25, -0.2) is 14.5 Å². The van der Waals surface area contributed by atoms with E-state index in [1.807, 2.05) is 13.8 Å². The molecule has 6 nitrogen and oxygen atoms in total. The molecule has 0 aliphatic carbocycles. The maximum atomic E-state index is 11.5. The molecule has 0 aliphatic heterocycles. The third kappa shape index (κ3) is 4.97. The van der Waals surface area contributed by atoms with Crippen molar-refractivity contribution < 1.29 is 29.1 Å². The topological polar surface area (TPSA) is 71.1 Å². The lowest BCUT2D eigenvalue weighted by Gasteiger charge is -2.06. The number of aryl methyl sites for hydroxylation is 2. The molecule has 1 aromatic carbocycles.